The second-order valence-electron chi connectivity index (χ2n) is 6.38. The molecular weight excluding hydrogens is 394 g/mol. The van der Waals surface area contributed by atoms with Crippen LogP contribution in [0.5, 0.6) is 0 Å². The molecule has 29 heavy (non-hydrogen) atoms. The number of benzene rings is 2. The van der Waals surface area contributed by atoms with Crippen molar-refractivity contribution in [1.82, 2.24) is 19.9 Å². The number of fused-ring (bicyclic) bond motifs is 1. The first-order valence-electron chi connectivity index (χ1n) is 8.50. The molecule has 148 valence electrons. The number of aromatic amines is 2. The smallest absolute Gasteiger partial charge is 0.323 e. The monoisotopic (exact) mass is 411 g/mol. The fourth-order valence-electron chi connectivity index (χ4n) is 2.73. The number of aryl methyl sites for hydroxylation is 1. The molecule has 0 saturated heterocycles. The number of hydrogen-bond donors (Lipinski definition) is 5. The summed E-state index contributed by atoms with van der Waals surface area (Å²) in [4.78, 5) is 25.5. The van der Waals surface area contributed by atoms with E-state index < -0.39 is 10.0 Å². The van der Waals surface area contributed by atoms with Gasteiger partial charge in [-0.1, -0.05) is 0 Å². The molecule has 0 atom stereocenters. The number of nitrogens with one attached hydrogen (secondary N) is 4. The molecule has 2 aromatic carbocycles. The van der Waals surface area contributed by atoms with Crippen molar-refractivity contribution in [2.24, 2.45) is 5.14 Å². The number of nitrogens with two attached hydrogens (primary N) is 1. The summed E-state index contributed by atoms with van der Waals surface area (Å²) in [6, 6.07) is 11.4. The largest absolute Gasteiger partial charge is 0.340 e. The molecule has 0 amide bonds. The zero-order valence-corrected chi connectivity index (χ0v) is 16.0. The Hall–Kier alpha value is -3.70. The molecule has 0 spiro atoms. The number of imidazole rings is 1. The van der Waals surface area contributed by atoms with E-state index >= 15 is 0 Å². The van der Waals surface area contributed by atoms with E-state index in [1.807, 2.05) is 13.0 Å². The van der Waals surface area contributed by atoms with Crippen LogP contribution >= 0.6 is 0 Å². The molecule has 0 radical (unpaired) electrons. The highest BCUT2D eigenvalue weighted by atomic mass is 32.2. The van der Waals surface area contributed by atoms with Gasteiger partial charge in [-0.15, -0.1) is 0 Å². The highest BCUT2D eigenvalue weighted by Gasteiger charge is 2.09. The van der Waals surface area contributed by atoms with Crippen LogP contribution in [0.3, 0.4) is 0 Å². The van der Waals surface area contributed by atoms with Crippen molar-refractivity contribution in [2.45, 2.75) is 11.8 Å². The SMILES string of the molecule is Cc1cnc(Nc2ccc(S(N)(=O)=O)cc2)nc1Nc1ccc2[nH]c(=O)[nH]c2c1. The third kappa shape index (κ3) is 4.10. The summed E-state index contributed by atoms with van der Waals surface area (Å²) >= 11 is 0. The van der Waals surface area contributed by atoms with Gasteiger partial charge in [-0.05, 0) is 49.4 Å². The van der Waals surface area contributed by atoms with Gasteiger partial charge in [-0.3, -0.25) is 0 Å². The maximum absolute atomic E-state index is 11.4. The third-order valence-electron chi connectivity index (χ3n) is 4.19. The van der Waals surface area contributed by atoms with Crippen LogP contribution in [0, 0.1) is 6.92 Å². The van der Waals surface area contributed by atoms with Crippen molar-refractivity contribution in [2.75, 3.05) is 10.6 Å². The van der Waals surface area contributed by atoms with Crippen LogP contribution in [0.1, 0.15) is 5.56 Å². The van der Waals surface area contributed by atoms with Gasteiger partial charge in [0.2, 0.25) is 16.0 Å². The Labute approximate surface area is 165 Å². The van der Waals surface area contributed by atoms with Crippen molar-refractivity contribution in [3.63, 3.8) is 0 Å². The van der Waals surface area contributed by atoms with E-state index in [9.17, 15) is 13.2 Å². The average molecular weight is 411 g/mol. The van der Waals surface area contributed by atoms with E-state index in [1.54, 1.807) is 30.5 Å². The Balaban J connectivity index is 1.57. The molecule has 4 rings (SSSR count). The van der Waals surface area contributed by atoms with Gasteiger partial charge >= 0.3 is 5.69 Å². The lowest BCUT2D eigenvalue weighted by atomic mass is 10.2. The Morgan fingerprint density at radius 2 is 1.66 bits per heavy atom. The molecule has 0 fully saturated rings. The highest BCUT2D eigenvalue weighted by molar-refractivity contribution is 7.89. The lowest BCUT2D eigenvalue weighted by molar-refractivity contribution is 0.598. The van der Waals surface area contributed by atoms with E-state index in [2.05, 4.69) is 30.6 Å². The number of aromatic nitrogens is 4. The van der Waals surface area contributed by atoms with Crippen molar-refractivity contribution >= 4 is 44.2 Å². The minimum Gasteiger partial charge on any atom is -0.340 e. The number of hydrogen-bond acceptors (Lipinski definition) is 7. The normalized spacial score (nSPS) is 11.5. The summed E-state index contributed by atoms with van der Waals surface area (Å²) in [5.41, 5.74) is 3.31. The Bertz CT molecular complexity index is 1360. The molecular formula is C18H17N7O3S. The standard InChI is InChI=1S/C18H17N7O3S/c1-10-9-20-17(22-11-2-5-13(6-3-11)29(19,27)28)25-16(10)21-12-4-7-14-15(8-12)24-18(26)23-14/h2-9H,1H3,(H2,19,27,28)(H2,23,24,26)(H2,20,21,22,25). The Morgan fingerprint density at radius 3 is 2.38 bits per heavy atom. The number of sulfonamides is 1. The van der Waals surface area contributed by atoms with E-state index in [0.717, 1.165) is 11.3 Å². The minimum atomic E-state index is -3.75. The first kappa shape index (κ1) is 18.7. The summed E-state index contributed by atoms with van der Waals surface area (Å²) in [6.07, 6.45) is 1.66. The fraction of sp³-hybridized carbons (Fsp3) is 0.0556. The third-order valence-corrected chi connectivity index (χ3v) is 5.12. The fourth-order valence-corrected chi connectivity index (χ4v) is 3.25. The first-order valence-corrected chi connectivity index (χ1v) is 10.1. The minimum absolute atomic E-state index is 0.0217. The molecule has 0 aliphatic carbocycles. The van der Waals surface area contributed by atoms with E-state index in [1.165, 1.54) is 12.1 Å². The Kier molecular flexibility index (Phi) is 4.53. The lowest BCUT2D eigenvalue weighted by Gasteiger charge is -2.11. The molecule has 0 saturated carbocycles. The summed E-state index contributed by atoms with van der Waals surface area (Å²) in [5.74, 6) is 0.915. The van der Waals surface area contributed by atoms with Gasteiger partial charge in [0, 0.05) is 23.1 Å². The summed E-state index contributed by atoms with van der Waals surface area (Å²) in [6.45, 7) is 1.86. The van der Waals surface area contributed by atoms with E-state index in [-0.39, 0.29) is 10.6 Å². The van der Waals surface area contributed by atoms with Crippen LogP contribution in [0.4, 0.5) is 23.1 Å². The van der Waals surface area contributed by atoms with Gasteiger partial charge in [-0.2, -0.15) is 4.98 Å². The molecule has 11 heteroatoms. The van der Waals surface area contributed by atoms with Crippen molar-refractivity contribution in [3.05, 3.63) is 64.7 Å². The maximum atomic E-state index is 11.4. The lowest BCUT2D eigenvalue weighted by Crippen LogP contribution is -2.11. The zero-order valence-electron chi connectivity index (χ0n) is 15.2. The summed E-state index contributed by atoms with van der Waals surface area (Å²) in [5, 5.41) is 11.3. The first-order chi connectivity index (χ1) is 13.8. The maximum Gasteiger partial charge on any atom is 0.323 e. The molecule has 0 aliphatic rings. The molecule has 2 aromatic heterocycles. The highest BCUT2D eigenvalue weighted by Crippen LogP contribution is 2.23. The number of H-pyrrole nitrogens is 2. The quantitative estimate of drug-likeness (QED) is 0.336. The average Bonchev–Trinajstić information content (AvgIpc) is 3.03. The zero-order chi connectivity index (χ0) is 20.6. The number of nitrogens with zero attached hydrogens (tertiary/aromatic N) is 2. The van der Waals surface area contributed by atoms with Crippen molar-refractivity contribution < 1.29 is 8.42 Å². The van der Waals surface area contributed by atoms with Crippen LogP contribution in [-0.2, 0) is 10.0 Å². The van der Waals surface area contributed by atoms with Gasteiger partial charge < -0.3 is 20.6 Å². The van der Waals surface area contributed by atoms with Crippen LogP contribution in [0.15, 0.2) is 58.4 Å². The molecule has 0 unspecified atom stereocenters. The Morgan fingerprint density at radius 1 is 0.966 bits per heavy atom. The van der Waals surface area contributed by atoms with Gasteiger partial charge in [-0.25, -0.2) is 23.3 Å². The van der Waals surface area contributed by atoms with Gasteiger partial charge in [0.05, 0.1) is 15.9 Å². The molecule has 6 N–H and O–H groups in total. The van der Waals surface area contributed by atoms with Gasteiger partial charge in [0.1, 0.15) is 5.82 Å². The van der Waals surface area contributed by atoms with Crippen LogP contribution < -0.4 is 21.5 Å². The van der Waals surface area contributed by atoms with Gasteiger partial charge in [0.25, 0.3) is 0 Å². The van der Waals surface area contributed by atoms with E-state index in [4.69, 9.17) is 5.14 Å². The van der Waals surface area contributed by atoms with Crippen molar-refractivity contribution in [1.29, 1.82) is 0 Å². The van der Waals surface area contributed by atoms with Crippen LogP contribution in [0.2, 0.25) is 0 Å². The van der Waals surface area contributed by atoms with Crippen LogP contribution in [0.25, 0.3) is 11.0 Å². The second kappa shape index (κ2) is 7.04. The topological polar surface area (TPSA) is 159 Å². The number of rotatable bonds is 5. The van der Waals surface area contributed by atoms with Crippen LogP contribution in [-0.4, -0.2) is 28.4 Å². The molecule has 0 aliphatic heterocycles. The molecule has 2 heterocycles. The van der Waals surface area contributed by atoms with E-state index in [0.29, 0.717) is 28.5 Å². The van der Waals surface area contributed by atoms with Crippen molar-refractivity contribution in [3.8, 4) is 0 Å². The predicted molar refractivity (Wildman–Crippen MR) is 110 cm³/mol. The molecule has 10 nitrogen and oxygen atoms in total. The second-order valence-corrected chi connectivity index (χ2v) is 7.95. The summed E-state index contributed by atoms with van der Waals surface area (Å²) < 4.78 is 22.7. The van der Waals surface area contributed by atoms with Gasteiger partial charge in [0.15, 0.2) is 0 Å². The summed E-state index contributed by atoms with van der Waals surface area (Å²) in [7, 11) is -3.75. The molecule has 4 aromatic rings. The number of anilines is 4. The molecule has 0 bridgehead atoms. The predicted octanol–water partition coefficient (Wildman–Crippen LogP) is 2.09. The number of primary sulfonamides is 1.